The molecule has 1 rings (SSSR count). The summed E-state index contributed by atoms with van der Waals surface area (Å²) < 4.78 is 5.22. The van der Waals surface area contributed by atoms with Crippen LogP contribution in [0.4, 0.5) is 0 Å². The summed E-state index contributed by atoms with van der Waals surface area (Å²) in [5.74, 6) is -0.250. The molecule has 0 aliphatic carbocycles. The van der Waals surface area contributed by atoms with Gasteiger partial charge in [0.15, 0.2) is 0 Å². The van der Waals surface area contributed by atoms with E-state index < -0.39 is 5.97 Å². The van der Waals surface area contributed by atoms with Crippen LogP contribution in [0.15, 0.2) is 0 Å². The van der Waals surface area contributed by atoms with Gasteiger partial charge in [-0.1, -0.05) is 13.3 Å². The first kappa shape index (κ1) is 11.5. The Morgan fingerprint density at radius 1 is 1.71 bits per heavy atom. The highest BCUT2D eigenvalue weighted by atomic mass is 16.5. The zero-order valence-corrected chi connectivity index (χ0v) is 8.66. The third-order valence-electron chi connectivity index (χ3n) is 2.55. The number of aliphatic carboxylic acids is 1. The van der Waals surface area contributed by atoms with E-state index in [1.165, 1.54) is 0 Å². The topological polar surface area (TPSA) is 58.6 Å². The third kappa shape index (κ3) is 3.64. The minimum absolute atomic E-state index is 0.388. The Morgan fingerprint density at radius 2 is 2.50 bits per heavy atom. The summed E-state index contributed by atoms with van der Waals surface area (Å²) in [7, 11) is 0. The van der Waals surface area contributed by atoms with E-state index in [-0.39, 0.29) is 6.04 Å². The van der Waals surface area contributed by atoms with E-state index in [1.807, 2.05) is 6.92 Å². The van der Waals surface area contributed by atoms with Crippen LogP contribution in [0, 0.1) is 5.92 Å². The molecule has 1 aliphatic rings. The van der Waals surface area contributed by atoms with Crippen LogP contribution in [0.25, 0.3) is 0 Å². The molecule has 4 nitrogen and oxygen atoms in total. The van der Waals surface area contributed by atoms with Crippen LogP contribution in [0.2, 0.25) is 0 Å². The Kier molecular flexibility index (Phi) is 4.90. The molecule has 1 aliphatic heterocycles. The van der Waals surface area contributed by atoms with Crippen molar-refractivity contribution in [3.63, 3.8) is 0 Å². The molecule has 0 aromatic carbocycles. The van der Waals surface area contributed by atoms with Gasteiger partial charge in [0.1, 0.15) is 6.04 Å². The van der Waals surface area contributed by atoms with Gasteiger partial charge < -0.3 is 15.2 Å². The third-order valence-corrected chi connectivity index (χ3v) is 2.55. The predicted molar refractivity (Wildman–Crippen MR) is 53.3 cm³/mol. The highest BCUT2D eigenvalue weighted by Gasteiger charge is 2.20. The minimum Gasteiger partial charge on any atom is -0.480 e. The van der Waals surface area contributed by atoms with Gasteiger partial charge in [-0.05, 0) is 18.8 Å². The van der Waals surface area contributed by atoms with Crippen LogP contribution in [0.5, 0.6) is 0 Å². The van der Waals surface area contributed by atoms with Crippen molar-refractivity contribution in [3.8, 4) is 0 Å². The molecule has 1 fully saturated rings. The molecule has 0 saturated carbocycles. The summed E-state index contributed by atoms with van der Waals surface area (Å²) in [6.45, 7) is 4.34. The standard InChI is InChI=1S/C10H19NO3/c1-2-3-9(10(12)13)11-6-8-4-5-14-7-8/h8-9,11H,2-7H2,1H3,(H,12,13). The van der Waals surface area contributed by atoms with Crippen LogP contribution >= 0.6 is 0 Å². The molecule has 2 atom stereocenters. The second-order valence-electron chi connectivity index (χ2n) is 3.82. The van der Waals surface area contributed by atoms with Gasteiger partial charge >= 0.3 is 5.97 Å². The van der Waals surface area contributed by atoms with Crippen molar-refractivity contribution < 1.29 is 14.6 Å². The molecular weight excluding hydrogens is 182 g/mol. The molecule has 82 valence electrons. The van der Waals surface area contributed by atoms with E-state index in [0.29, 0.717) is 12.3 Å². The van der Waals surface area contributed by atoms with Crippen molar-refractivity contribution in [3.05, 3.63) is 0 Å². The number of rotatable bonds is 6. The summed E-state index contributed by atoms with van der Waals surface area (Å²) >= 11 is 0. The maximum absolute atomic E-state index is 10.8. The molecule has 0 aromatic heterocycles. The van der Waals surface area contributed by atoms with E-state index in [1.54, 1.807) is 0 Å². The quantitative estimate of drug-likeness (QED) is 0.669. The maximum Gasteiger partial charge on any atom is 0.320 e. The number of carbonyl (C=O) groups is 1. The van der Waals surface area contributed by atoms with Crippen molar-refractivity contribution in [2.75, 3.05) is 19.8 Å². The number of hydrogen-bond donors (Lipinski definition) is 2. The van der Waals surface area contributed by atoms with E-state index in [4.69, 9.17) is 9.84 Å². The molecule has 4 heteroatoms. The van der Waals surface area contributed by atoms with Crippen molar-refractivity contribution >= 4 is 5.97 Å². The Hall–Kier alpha value is -0.610. The predicted octanol–water partition coefficient (Wildman–Crippen LogP) is 0.866. The highest BCUT2D eigenvalue weighted by Crippen LogP contribution is 2.11. The van der Waals surface area contributed by atoms with E-state index in [2.05, 4.69) is 5.32 Å². The van der Waals surface area contributed by atoms with Gasteiger partial charge in [0.05, 0.1) is 6.61 Å². The molecule has 0 amide bonds. The molecule has 1 saturated heterocycles. The van der Waals surface area contributed by atoms with Crippen LogP contribution < -0.4 is 5.32 Å². The largest absolute Gasteiger partial charge is 0.480 e. The fourth-order valence-electron chi connectivity index (χ4n) is 1.65. The number of carboxylic acids is 1. The molecule has 0 radical (unpaired) electrons. The average Bonchev–Trinajstić information content (AvgIpc) is 2.64. The lowest BCUT2D eigenvalue weighted by molar-refractivity contribution is -0.139. The smallest absolute Gasteiger partial charge is 0.320 e. The molecule has 0 spiro atoms. The lowest BCUT2D eigenvalue weighted by Crippen LogP contribution is -2.39. The van der Waals surface area contributed by atoms with Crippen LogP contribution in [-0.4, -0.2) is 36.9 Å². The fourth-order valence-corrected chi connectivity index (χ4v) is 1.65. The summed E-state index contributed by atoms with van der Waals surface area (Å²) in [4.78, 5) is 10.8. The number of ether oxygens (including phenoxy) is 1. The lowest BCUT2D eigenvalue weighted by Gasteiger charge is -2.15. The minimum atomic E-state index is -0.745. The van der Waals surface area contributed by atoms with Gasteiger partial charge in [0.25, 0.3) is 0 Å². The lowest BCUT2D eigenvalue weighted by atomic mass is 10.1. The maximum atomic E-state index is 10.8. The summed E-state index contributed by atoms with van der Waals surface area (Å²) in [5, 5.41) is 12.0. The van der Waals surface area contributed by atoms with Crippen LogP contribution in [0.3, 0.4) is 0 Å². The molecule has 1 heterocycles. The zero-order chi connectivity index (χ0) is 10.4. The fraction of sp³-hybridized carbons (Fsp3) is 0.900. The van der Waals surface area contributed by atoms with E-state index in [0.717, 1.165) is 32.6 Å². The monoisotopic (exact) mass is 201 g/mol. The van der Waals surface area contributed by atoms with Gasteiger partial charge in [-0.25, -0.2) is 0 Å². The summed E-state index contributed by atoms with van der Waals surface area (Å²) in [6.07, 6.45) is 2.64. The normalized spacial score (nSPS) is 23.6. The second-order valence-corrected chi connectivity index (χ2v) is 3.82. The van der Waals surface area contributed by atoms with Crippen molar-refractivity contribution in [1.29, 1.82) is 0 Å². The molecule has 0 aromatic rings. The zero-order valence-electron chi connectivity index (χ0n) is 8.66. The molecule has 0 bridgehead atoms. The second kappa shape index (κ2) is 5.98. The van der Waals surface area contributed by atoms with Crippen molar-refractivity contribution in [2.24, 2.45) is 5.92 Å². The Balaban J connectivity index is 2.21. The van der Waals surface area contributed by atoms with Crippen LogP contribution in [0.1, 0.15) is 26.2 Å². The van der Waals surface area contributed by atoms with Crippen molar-refractivity contribution in [1.82, 2.24) is 5.32 Å². The van der Waals surface area contributed by atoms with Crippen LogP contribution in [-0.2, 0) is 9.53 Å². The Bertz CT molecular complexity index is 178. The van der Waals surface area contributed by atoms with E-state index >= 15 is 0 Å². The van der Waals surface area contributed by atoms with Crippen molar-refractivity contribution in [2.45, 2.75) is 32.2 Å². The number of carboxylic acid groups (broad SMARTS) is 1. The first-order valence-electron chi connectivity index (χ1n) is 5.28. The molecule has 14 heavy (non-hydrogen) atoms. The van der Waals surface area contributed by atoms with Gasteiger partial charge in [-0.3, -0.25) is 4.79 Å². The summed E-state index contributed by atoms with van der Waals surface area (Å²) in [5.41, 5.74) is 0. The SMILES string of the molecule is CCCC(NCC1CCOC1)C(=O)O. The van der Waals surface area contributed by atoms with Gasteiger partial charge in [-0.15, -0.1) is 0 Å². The summed E-state index contributed by atoms with van der Waals surface area (Å²) in [6, 6.07) is -0.388. The van der Waals surface area contributed by atoms with E-state index in [9.17, 15) is 4.79 Å². The number of nitrogens with one attached hydrogen (secondary N) is 1. The molecule has 2 unspecified atom stereocenters. The van der Waals surface area contributed by atoms with Gasteiger partial charge in [0.2, 0.25) is 0 Å². The Labute approximate surface area is 84.6 Å². The molecule has 2 N–H and O–H groups in total. The number of hydrogen-bond acceptors (Lipinski definition) is 3. The first-order valence-corrected chi connectivity index (χ1v) is 5.28. The first-order chi connectivity index (χ1) is 6.74. The van der Waals surface area contributed by atoms with Gasteiger partial charge in [0, 0.05) is 13.2 Å². The Morgan fingerprint density at radius 3 is 3.00 bits per heavy atom. The average molecular weight is 201 g/mol. The van der Waals surface area contributed by atoms with Gasteiger partial charge in [-0.2, -0.15) is 0 Å². The molecular formula is C10H19NO3. The highest BCUT2D eigenvalue weighted by molar-refractivity contribution is 5.73.